The molecule has 0 fully saturated rings. The predicted molar refractivity (Wildman–Crippen MR) is 103 cm³/mol. The van der Waals surface area contributed by atoms with Gasteiger partial charge >= 0.3 is 0 Å². The Morgan fingerprint density at radius 1 is 1.24 bits per heavy atom. The summed E-state index contributed by atoms with van der Waals surface area (Å²) in [5.74, 6) is 0. The van der Waals surface area contributed by atoms with E-state index < -0.39 is 5.60 Å². The average Bonchev–Trinajstić information content (AvgIpc) is 2.58. The van der Waals surface area contributed by atoms with Gasteiger partial charge in [0.1, 0.15) is 11.8 Å². The van der Waals surface area contributed by atoms with Crippen LogP contribution in [0.15, 0.2) is 30.3 Å². The number of aliphatic hydroxyl groups excluding tert-OH is 1. The van der Waals surface area contributed by atoms with Crippen LogP contribution in [0.3, 0.4) is 0 Å². The molecule has 1 aliphatic heterocycles. The number of para-hydroxylation sites is 1. The van der Waals surface area contributed by atoms with Crippen molar-refractivity contribution in [1.82, 2.24) is 4.98 Å². The first-order chi connectivity index (χ1) is 12.0. The van der Waals surface area contributed by atoms with E-state index in [1.807, 2.05) is 18.2 Å². The molecule has 4 heteroatoms. The summed E-state index contributed by atoms with van der Waals surface area (Å²) >= 11 is 0. The molecule has 1 aromatic carbocycles. The number of nitrogens with one attached hydrogen (secondary N) is 1. The van der Waals surface area contributed by atoms with Gasteiger partial charge in [0.15, 0.2) is 0 Å². The molecule has 2 heterocycles. The Hall–Kier alpha value is -1.65. The average molecular weight is 342 g/mol. The zero-order chi connectivity index (χ0) is 17.9. The third kappa shape index (κ3) is 4.31. The van der Waals surface area contributed by atoms with Crippen molar-refractivity contribution in [3.05, 3.63) is 36.0 Å². The molecule has 2 atom stereocenters. The standard InChI is InChI=1S/C21H30N2O2/c1-4-5-6-10-16(24)12-13-19-22-18-14-15-9-7-8-11-17(15)23-20(18)21(2,3)25-19/h7-9,11,14,16,19,22,24H,4-6,10,12-13H2,1-3H3. The van der Waals surface area contributed by atoms with Crippen molar-refractivity contribution < 1.29 is 9.84 Å². The first-order valence-electron chi connectivity index (χ1n) is 9.52. The van der Waals surface area contributed by atoms with Crippen molar-refractivity contribution in [1.29, 1.82) is 0 Å². The highest BCUT2D eigenvalue weighted by Crippen LogP contribution is 2.38. The van der Waals surface area contributed by atoms with Gasteiger partial charge in [-0.1, -0.05) is 44.4 Å². The molecule has 3 rings (SSSR count). The molecule has 0 amide bonds. The maximum absolute atomic E-state index is 10.2. The Morgan fingerprint density at radius 3 is 2.84 bits per heavy atom. The fourth-order valence-electron chi connectivity index (χ4n) is 3.55. The van der Waals surface area contributed by atoms with Gasteiger partial charge in [-0.15, -0.1) is 0 Å². The number of unbranched alkanes of at least 4 members (excludes halogenated alkanes) is 2. The van der Waals surface area contributed by atoms with E-state index in [0.29, 0.717) is 0 Å². The molecule has 2 N–H and O–H groups in total. The normalized spacial score (nSPS) is 20.1. The number of pyridine rings is 1. The Balaban J connectivity index is 1.69. The van der Waals surface area contributed by atoms with Crippen molar-refractivity contribution in [2.45, 2.75) is 77.2 Å². The van der Waals surface area contributed by atoms with Gasteiger partial charge in [-0.3, -0.25) is 0 Å². The lowest BCUT2D eigenvalue weighted by Crippen LogP contribution is -2.40. The van der Waals surface area contributed by atoms with Gasteiger partial charge in [0.05, 0.1) is 23.0 Å². The largest absolute Gasteiger partial charge is 0.393 e. The summed E-state index contributed by atoms with van der Waals surface area (Å²) in [4.78, 5) is 4.81. The topological polar surface area (TPSA) is 54.4 Å². The molecule has 0 bridgehead atoms. The fourth-order valence-corrected chi connectivity index (χ4v) is 3.55. The van der Waals surface area contributed by atoms with Gasteiger partial charge in [0, 0.05) is 5.39 Å². The SMILES string of the molecule is CCCCCC(O)CCC1Nc2cc3ccccc3nc2C(C)(C)O1. The number of aliphatic hydroxyl groups is 1. The number of nitrogens with zero attached hydrogens (tertiary/aromatic N) is 1. The first kappa shape index (κ1) is 18.2. The molecule has 1 aliphatic rings. The minimum Gasteiger partial charge on any atom is -0.393 e. The lowest BCUT2D eigenvalue weighted by molar-refractivity contribution is -0.0802. The van der Waals surface area contributed by atoms with E-state index in [1.54, 1.807) is 0 Å². The van der Waals surface area contributed by atoms with Crippen LogP contribution in [-0.2, 0) is 10.3 Å². The minimum absolute atomic E-state index is 0.0914. The zero-order valence-electron chi connectivity index (χ0n) is 15.6. The Labute approximate surface area is 150 Å². The molecule has 1 aromatic heterocycles. The van der Waals surface area contributed by atoms with Gasteiger partial charge in [-0.05, 0) is 45.2 Å². The maximum Gasteiger partial charge on any atom is 0.129 e. The number of hydrogen-bond acceptors (Lipinski definition) is 4. The van der Waals surface area contributed by atoms with Gasteiger partial charge in [-0.25, -0.2) is 4.98 Å². The second-order valence-electron chi connectivity index (χ2n) is 7.57. The number of rotatable bonds is 7. The number of aromatic nitrogens is 1. The summed E-state index contributed by atoms with van der Waals surface area (Å²) in [5.41, 5.74) is 2.54. The van der Waals surface area contributed by atoms with Gasteiger partial charge in [0.25, 0.3) is 0 Å². The summed E-state index contributed by atoms with van der Waals surface area (Å²) < 4.78 is 6.24. The van der Waals surface area contributed by atoms with E-state index in [0.717, 1.165) is 48.0 Å². The van der Waals surface area contributed by atoms with E-state index in [4.69, 9.17) is 9.72 Å². The number of anilines is 1. The zero-order valence-corrected chi connectivity index (χ0v) is 15.6. The highest BCUT2D eigenvalue weighted by molar-refractivity contribution is 5.83. The summed E-state index contributed by atoms with van der Waals surface area (Å²) in [7, 11) is 0. The predicted octanol–water partition coefficient (Wildman–Crippen LogP) is 4.96. The fraction of sp³-hybridized carbons (Fsp3) is 0.571. The number of fused-ring (bicyclic) bond motifs is 2. The number of benzene rings is 1. The van der Waals surface area contributed by atoms with Crippen molar-refractivity contribution in [2.24, 2.45) is 0 Å². The Morgan fingerprint density at radius 2 is 2.04 bits per heavy atom. The molecule has 4 nitrogen and oxygen atoms in total. The highest BCUT2D eigenvalue weighted by atomic mass is 16.5. The molecular weight excluding hydrogens is 312 g/mol. The summed E-state index contributed by atoms with van der Waals surface area (Å²) in [5, 5.41) is 14.8. The van der Waals surface area contributed by atoms with E-state index in [9.17, 15) is 5.11 Å². The molecule has 0 spiro atoms. The van der Waals surface area contributed by atoms with E-state index in [2.05, 4.69) is 38.2 Å². The molecular formula is C21H30N2O2. The van der Waals surface area contributed by atoms with Crippen molar-refractivity contribution in [3.8, 4) is 0 Å². The smallest absolute Gasteiger partial charge is 0.129 e. The Kier molecular flexibility index (Phi) is 5.60. The lowest BCUT2D eigenvalue weighted by Gasteiger charge is -2.38. The summed E-state index contributed by atoms with van der Waals surface area (Å²) in [6.07, 6.45) is 5.58. The third-order valence-electron chi connectivity index (χ3n) is 4.95. The second kappa shape index (κ2) is 7.71. The monoisotopic (exact) mass is 342 g/mol. The van der Waals surface area contributed by atoms with Gasteiger partial charge < -0.3 is 15.2 Å². The minimum atomic E-state index is -0.442. The summed E-state index contributed by atoms with van der Waals surface area (Å²) in [6.45, 7) is 6.32. The van der Waals surface area contributed by atoms with Crippen LogP contribution in [0.25, 0.3) is 10.9 Å². The molecule has 0 radical (unpaired) electrons. The molecule has 25 heavy (non-hydrogen) atoms. The lowest BCUT2D eigenvalue weighted by atomic mass is 9.97. The molecule has 136 valence electrons. The van der Waals surface area contributed by atoms with Crippen LogP contribution in [0.2, 0.25) is 0 Å². The number of hydrogen-bond donors (Lipinski definition) is 2. The summed E-state index contributed by atoms with van der Waals surface area (Å²) in [6, 6.07) is 10.3. The Bertz CT molecular complexity index is 714. The maximum atomic E-state index is 10.2. The van der Waals surface area contributed by atoms with Crippen LogP contribution in [0.5, 0.6) is 0 Å². The third-order valence-corrected chi connectivity index (χ3v) is 4.95. The van der Waals surface area contributed by atoms with E-state index in [-0.39, 0.29) is 12.3 Å². The van der Waals surface area contributed by atoms with Gasteiger partial charge in [-0.2, -0.15) is 0 Å². The molecule has 2 aromatic rings. The molecule has 2 unspecified atom stereocenters. The molecule has 0 saturated carbocycles. The van der Waals surface area contributed by atoms with Crippen LogP contribution in [-0.4, -0.2) is 22.4 Å². The van der Waals surface area contributed by atoms with E-state index >= 15 is 0 Å². The molecule has 0 saturated heterocycles. The second-order valence-corrected chi connectivity index (χ2v) is 7.57. The van der Waals surface area contributed by atoms with Crippen LogP contribution >= 0.6 is 0 Å². The first-order valence-corrected chi connectivity index (χ1v) is 9.52. The van der Waals surface area contributed by atoms with Crippen molar-refractivity contribution >= 4 is 16.6 Å². The quantitative estimate of drug-likeness (QED) is 0.698. The molecule has 0 aliphatic carbocycles. The van der Waals surface area contributed by atoms with Crippen molar-refractivity contribution in [3.63, 3.8) is 0 Å². The number of ether oxygens (including phenoxy) is 1. The van der Waals surface area contributed by atoms with E-state index in [1.165, 1.54) is 12.8 Å². The van der Waals surface area contributed by atoms with Gasteiger partial charge in [0.2, 0.25) is 0 Å². The van der Waals surface area contributed by atoms with Crippen LogP contribution < -0.4 is 5.32 Å². The van der Waals surface area contributed by atoms with Crippen LogP contribution in [0.4, 0.5) is 5.69 Å². The van der Waals surface area contributed by atoms with Crippen LogP contribution in [0, 0.1) is 0 Å². The highest BCUT2D eigenvalue weighted by Gasteiger charge is 2.35. The van der Waals surface area contributed by atoms with Crippen LogP contribution in [0.1, 0.15) is 65.0 Å². The van der Waals surface area contributed by atoms with Crippen molar-refractivity contribution in [2.75, 3.05) is 5.32 Å².